The second-order valence-electron chi connectivity index (χ2n) is 4.65. The van der Waals surface area contributed by atoms with Crippen molar-refractivity contribution >= 4 is 11.8 Å². The minimum atomic E-state index is 1.07. The lowest BCUT2D eigenvalue weighted by atomic mass is 10.1. The summed E-state index contributed by atoms with van der Waals surface area (Å²) in [6.45, 7) is 7.58. The van der Waals surface area contributed by atoms with E-state index >= 15 is 0 Å². The second-order valence-corrected chi connectivity index (χ2v) is 5.82. The van der Waals surface area contributed by atoms with Gasteiger partial charge in [-0.1, -0.05) is 6.07 Å². The number of aryl methyl sites for hydroxylation is 2. The van der Waals surface area contributed by atoms with Gasteiger partial charge in [-0.05, 0) is 51.2 Å². The number of nitrogens with zero attached hydrogens (tertiary/aromatic N) is 1. The third-order valence-corrected chi connectivity index (χ3v) is 3.76. The van der Waals surface area contributed by atoms with Gasteiger partial charge in [0.2, 0.25) is 0 Å². The molecule has 0 amide bonds. The first-order valence-electron chi connectivity index (χ1n) is 6.15. The van der Waals surface area contributed by atoms with Crippen LogP contribution in [-0.4, -0.2) is 44.4 Å². The van der Waals surface area contributed by atoms with Gasteiger partial charge in [0.1, 0.15) is 0 Å². The van der Waals surface area contributed by atoms with Crippen LogP contribution in [0.3, 0.4) is 0 Å². The molecule has 0 radical (unpaired) electrons. The molecule has 0 heterocycles. The van der Waals surface area contributed by atoms with Crippen LogP contribution in [0.15, 0.2) is 23.1 Å². The second kappa shape index (κ2) is 7.75. The van der Waals surface area contributed by atoms with E-state index in [4.69, 9.17) is 0 Å². The Kier molecular flexibility index (Phi) is 6.63. The molecule has 1 aromatic carbocycles. The van der Waals surface area contributed by atoms with E-state index in [2.05, 4.69) is 56.4 Å². The summed E-state index contributed by atoms with van der Waals surface area (Å²) in [5.41, 5.74) is 2.76. The molecule has 1 aromatic rings. The fraction of sp³-hybridized carbons (Fsp3) is 0.571. The highest BCUT2D eigenvalue weighted by molar-refractivity contribution is 7.99. The fourth-order valence-electron chi connectivity index (χ4n) is 1.47. The van der Waals surface area contributed by atoms with E-state index < -0.39 is 0 Å². The van der Waals surface area contributed by atoms with Gasteiger partial charge < -0.3 is 10.2 Å². The number of nitrogens with one attached hydrogen (secondary N) is 1. The van der Waals surface area contributed by atoms with E-state index in [0.717, 1.165) is 25.4 Å². The van der Waals surface area contributed by atoms with E-state index in [-0.39, 0.29) is 0 Å². The molecule has 0 aliphatic rings. The molecule has 1 N–H and O–H groups in total. The quantitative estimate of drug-likeness (QED) is 0.593. The Bertz CT molecular complexity index is 337. The third kappa shape index (κ3) is 6.10. The maximum absolute atomic E-state index is 3.45. The van der Waals surface area contributed by atoms with Crippen molar-refractivity contribution in [1.29, 1.82) is 0 Å². The molecule has 0 saturated heterocycles. The third-order valence-electron chi connectivity index (χ3n) is 2.76. The molecular formula is C14H24N2S. The van der Waals surface area contributed by atoms with Crippen molar-refractivity contribution in [2.24, 2.45) is 0 Å². The molecule has 0 aromatic heterocycles. The molecular weight excluding hydrogens is 228 g/mol. The standard InChI is InChI=1S/C14H24N2S/c1-12-5-6-14(11-13(12)2)17-10-8-15-7-9-16(3)4/h5-6,11,15H,7-10H2,1-4H3. The molecule has 0 bridgehead atoms. The van der Waals surface area contributed by atoms with E-state index in [0.29, 0.717) is 0 Å². The summed E-state index contributed by atoms with van der Waals surface area (Å²) in [6, 6.07) is 6.70. The maximum Gasteiger partial charge on any atom is 0.0106 e. The SMILES string of the molecule is Cc1ccc(SCCNCCN(C)C)cc1C. The van der Waals surface area contributed by atoms with Gasteiger partial charge in [-0.2, -0.15) is 0 Å². The molecule has 0 aliphatic heterocycles. The maximum atomic E-state index is 3.45. The largest absolute Gasteiger partial charge is 0.315 e. The molecule has 1 rings (SSSR count). The lowest BCUT2D eigenvalue weighted by Crippen LogP contribution is -2.27. The van der Waals surface area contributed by atoms with Crippen molar-refractivity contribution in [2.45, 2.75) is 18.7 Å². The first kappa shape index (κ1) is 14.6. The lowest BCUT2D eigenvalue weighted by Gasteiger charge is -2.10. The van der Waals surface area contributed by atoms with Crippen LogP contribution in [0, 0.1) is 13.8 Å². The minimum Gasteiger partial charge on any atom is -0.315 e. The summed E-state index contributed by atoms with van der Waals surface area (Å²) < 4.78 is 0. The topological polar surface area (TPSA) is 15.3 Å². The zero-order valence-electron chi connectivity index (χ0n) is 11.4. The molecule has 0 unspecified atom stereocenters. The van der Waals surface area contributed by atoms with Gasteiger partial charge in [0.15, 0.2) is 0 Å². The summed E-state index contributed by atoms with van der Waals surface area (Å²) in [5, 5.41) is 3.45. The number of benzene rings is 1. The summed E-state index contributed by atoms with van der Waals surface area (Å²) in [4.78, 5) is 3.58. The molecule has 0 fully saturated rings. The van der Waals surface area contributed by atoms with E-state index in [1.54, 1.807) is 0 Å². The van der Waals surface area contributed by atoms with Crippen LogP contribution in [0.1, 0.15) is 11.1 Å². The molecule has 0 spiro atoms. The normalized spacial score (nSPS) is 11.1. The highest BCUT2D eigenvalue weighted by atomic mass is 32.2. The molecule has 96 valence electrons. The highest BCUT2D eigenvalue weighted by Gasteiger charge is 1.97. The Labute approximate surface area is 110 Å². The van der Waals surface area contributed by atoms with Crippen LogP contribution in [0.4, 0.5) is 0 Å². The molecule has 17 heavy (non-hydrogen) atoms. The summed E-state index contributed by atoms with van der Waals surface area (Å²) >= 11 is 1.93. The number of thioether (sulfide) groups is 1. The monoisotopic (exact) mass is 252 g/mol. The average Bonchev–Trinajstić information content (AvgIpc) is 2.27. The zero-order chi connectivity index (χ0) is 12.7. The highest BCUT2D eigenvalue weighted by Crippen LogP contribution is 2.20. The Morgan fingerprint density at radius 3 is 2.53 bits per heavy atom. The van der Waals surface area contributed by atoms with Crippen LogP contribution in [-0.2, 0) is 0 Å². The van der Waals surface area contributed by atoms with Gasteiger partial charge in [0.25, 0.3) is 0 Å². The van der Waals surface area contributed by atoms with Gasteiger partial charge in [0.05, 0.1) is 0 Å². The lowest BCUT2D eigenvalue weighted by molar-refractivity contribution is 0.403. The van der Waals surface area contributed by atoms with Crippen LogP contribution >= 0.6 is 11.8 Å². The van der Waals surface area contributed by atoms with Gasteiger partial charge in [-0.25, -0.2) is 0 Å². The van der Waals surface area contributed by atoms with Crippen molar-refractivity contribution < 1.29 is 0 Å². The van der Waals surface area contributed by atoms with E-state index in [1.165, 1.54) is 16.0 Å². The predicted octanol–water partition coefficient (Wildman–Crippen LogP) is 2.55. The van der Waals surface area contributed by atoms with Crippen molar-refractivity contribution in [1.82, 2.24) is 10.2 Å². The van der Waals surface area contributed by atoms with Crippen molar-refractivity contribution in [3.8, 4) is 0 Å². The molecule has 3 heteroatoms. The molecule has 0 aliphatic carbocycles. The molecule has 0 atom stereocenters. The Hall–Kier alpha value is -0.510. The minimum absolute atomic E-state index is 1.07. The van der Waals surface area contributed by atoms with Crippen molar-refractivity contribution in [2.75, 3.05) is 39.5 Å². The fourth-order valence-corrected chi connectivity index (χ4v) is 2.38. The number of likely N-dealkylation sites (N-methyl/N-ethyl adjacent to an activating group) is 1. The summed E-state index contributed by atoms with van der Waals surface area (Å²) in [7, 11) is 4.21. The molecule has 0 saturated carbocycles. The molecule has 2 nitrogen and oxygen atoms in total. The van der Waals surface area contributed by atoms with Crippen LogP contribution < -0.4 is 5.32 Å². The van der Waals surface area contributed by atoms with Crippen molar-refractivity contribution in [3.05, 3.63) is 29.3 Å². The average molecular weight is 252 g/mol. The van der Waals surface area contributed by atoms with Gasteiger partial charge in [-0.15, -0.1) is 11.8 Å². The van der Waals surface area contributed by atoms with Crippen LogP contribution in [0.5, 0.6) is 0 Å². The summed E-state index contributed by atoms with van der Waals surface area (Å²) in [6.07, 6.45) is 0. The smallest absolute Gasteiger partial charge is 0.0106 e. The zero-order valence-corrected chi connectivity index (χ0v) is 12.2. The Morgan fingerprint density at radius 2 is 1.88 bits per heavy atom. The number of rotatable bonds is 7. The van der Waals surface area contributed by atoms with Crippen molar-refractivity contribution in [3.63, 3.8) is 0 Å². The first-order chi connectivity index (χ1) is 8.09. The van der Waals surface area contributed by atoms with Crippen LogP contribution in [0.25, 0.3) is 0 Å². The summed E-state index contributed by atoms with van der Waals surface area (Å²) in [5.74, 6) is 1.13. The number of hydrogen-bond donors (Lipinski definition) is 1. The van der Waals surface area contributed by atoms with Gasteiger partial charge >= 0.3 is 0 Å². The van der Waals surface area contributed by atoms with Crippen LogP contribution in [0.2, 0.25) is 0 Å². The van der Waals surface area contributed by atoms with Gasteiger partial charge in [0, 0.05) is 30.3 Å². The van der Waals surface area contributed by atoms with E-state index in [9.17, 15) is 0 Å². The Balaban J connectivity index is 2.16. The number of hydrogen-bond acceptors (Lipinski definition) is 3. The Morgan fingerprint density at radius 1 is 1.12 bits per heavy atom. The predicted molar refractivity (Wildman–Crippen MR) is 78.1 cm³/mol. The van der Waals surface area contributed by atoms with Gasteiger partial charge in [-0.3, -0.25) is 0 Å². The van der Waals surface area contributed by atoms with E-state index in [1.807, 2.05) is 11.8 Å². The first-order valence-corrected chi connectivity index (χ1v) is 7.13.